The van der Waals surface area contributed by atoms with Crippen LogP contribution in [0.5, 0.6) is 0 Å². The largest absolute Gasteiger partial charge is 0.416 e. The average molecular weight is 570 g/mol. The number of rotatable bonds is 4. The van der Waals surface area contributed by atoms with Crippen LogP contribution in [0.15, 0.2) is 79.5 Å². The van der Waals surface area contributed by atoms with Gasteiger partial charge in [0.15, 0.2) is 0 Å². The molecule has 1 N–H and O–H groups in total. The normalized spacial score (nSPS) is 14.5. The van der Waals surface area contributed by atoms with E-state index in [-0.39, 0.29) is 11.4 Å². The lowest BCUT2D eigenvalue weighted by Gasteiger charge is -2.28. The minimum absolute atomic E-state index is 0.199. The summed E-state index contributed by atoms with van der Waals surface area (Å²) in [6, 6.07) is 14.3. The van der Waals surface area contributed by atoms with Crippen LogP contribution in [-0.4, -0.2) is 55.3 Å². The van der Waals surface area contributed by atoms with E-state index in [1.807, 2.05) is 33.6 Å². The Morgan fingerprint density at radius 3 is 2.64 bits per heavy atom. The van der Waals surface area contributed by atoms with E-state index < -0.39 is 17.6 Å². The van der Waals surface area contributed by atoms with Crippen molar-refractivity contribution < 1.29 is 18.0 Å². The molecule has 3 aromatic heterocycles. The van der Waals surface area contributed by atoms with E-state index in [4.69, 9.17) is 0 Å². The second kappa shape index (κ2) is 11.1. The minimum Gasteiger partial charge on any atom is -0.307 e. The Kier molecular flexibility index (Phi) is 7.22. The smallest absolute Gasteiger partial charge is 0.307 e. The van der Waals surface area contributed by atoms with Crippen molar-refractivity contribution in [1.82, 2.24) is 29.2 Å². The molecule has 212 valence electrons. The fourth-order valence-electron chi connectivity index (χ4n) is 5.00. The van der Waals surface area contributed by atoms with Crippen molar-refractivity contribution in [2.75, 3.05) is 25.5 Å². The number of anilines is 1. The van der Waals surface area contributed by atoms with E-state index in [1.54, 1.807) is 30.6 Å². The van der Waals surface area contributed by atoms with E-state index >= 15 is 0 Å². The molecule has 0 spiro atoms. The fraction of sp³-hybridized carbons (Fsp3) is 0.226. The van der Waals surface area contributed by atoms with Crippen molar-refractivity contribution in [2.24, 2.45) is 0 Å². The van der Waals surface area contributed by atoms with Crippen LogP contribution in [0.4, 0.5) is 19.0 Å². The maximum atomic E-state index is 13.1. The first-order valence-electron chi connectivity index (χ1n) is 13.4. The Morgan fingerprint density at radius 2 is 1.83 bits per heavy atom. The Labute approximate surface area is 239 Å². The monoisotopic (exact) mass is 569 g/mol. The number of amides is 1. The Bertz CT molecular complexity index is 1820. The molecule has 5 aromatic rings. The van der Waals surface area contributed by atoms with Crippen LogP contribution in [0.1, 0.15) is 45.9 Å². The van der Waals surface area contributed by atoms with Crippen molar-refractivity contribution in [3.63, 3.8) is 0 Å². The third-order valence-electron chi connectivity index (χ3n) is 7.32. The van der Waals surface area contributed by atoms with Crippen molar-refractivity contribution in [1.29, 1.82) is 0 Å². The van der Waals surface area contributed by atoms with Gasteiger partial charge in [-0.25, -0.2) is 9.97 Å². The molecule has 11 heteroatoms. The first-order valence-corrected chi connectivity index (χ1v) is 13.4. The van der Waals surface area contributed by atoms with Gasteiger partial charge in [-0.3, -0.25) is 14.0 Å². The Balaban J connectivity index is 1.20. The van der Waals surface area contributed by atoms with E-state index in [9.17, 15) is 18.0 Å². The van der Waals surface area contributed by atoms with Gasteiger partial charge in [-0.2, -0.15) is 18.3 Å². The molecule has 0 unspecified atom stereocenters. The number of halogens is 3. The van der Waals surface area contributed by atoms with Gasteiger partial charge in [0.05, 0.1) is 40.1 Å². The van der Waals surface area contributed by atoms with Gasteiger partial charge in [-0.15, -0.1) is 0 Å². The highest BCUT2D eigenvalue weighted by molar-refractivity contribution is 6.05. The lowest BCUT2D eigenvalue weighted by atomic mass is 10.1. The quantitative estimate of drug-likeness (QED) is 0.287. The number of alkyl halides is 3. The van der Waals surface area contributed by atoms with Crippen LogP contribution in [0.2, 0.25) is 0 Å². The predicted octanol–water partition coefficient (Wildman–Crippen LogP) is 5.55. The fourth-order valence-corrected chi connectivity index (χ4v) is 5.00. The maximum Gasteiger partial charge on any atom is 0.416 e. The molecule has 1 amide bonds. The summed E-state index contributed by atoms with van der Waals surface area (Å²) in [7, 11) is 2.14. The molecule has 0 saturated carbocycles. The summed E-state index contributed by atoms with van der Waals surface area (Å²) in [6.07, 6.45) is 4.26. The number of hydrogen-bond donors (Lipinski definition) is 1. The van der Waals surface area contributed by atoms with Crippen LogP contribution in [0.25, 0.3) is 16.7 Å². The van der Waals surface area contributed by atoms with Crippen molar-refractivity contribution in [3.05, 3.63) is 102 Å². The number of benzene rings is 2. The van der Waals surface area contributed by atoms with Crippen LogP contribution >= 0.6 is 0 Å². The second-order valence-electron chi connectivity index (χ2n) is 10.2. The topological polar surface area (TPSA) is 80.9 Å². The first-order chi connectivity index (χ1) is 20.2. The van der Waals surface area contributed by atoms with E-state index in [0.29, 0.717) is 17.2 Å². The number of piperidine rings is 1. The van der Waals surface area contributed by atoms with Crippen molar-refractivity contribution in [3.8, 4) is 17.5 Å². The van der Waals surface area contributed by atoms with Crippen molar-refractivity contribution in [2.45, 2.75) is 25.1 Å². The summed E-state index contributed by atoms with van der Waals surface area (Å²) in [6.45, 7) is 2.11. The highest BCUT2D eigenvalue weighted by Gasteiger charge is 2.31. The van der Waals surface area contributed by atoms with Gasteiger partial charge in [0.1, 0.15) is 12.1 Å². The number of carbonyl (C=O) groups is 1. The highest BCUT2D eigenvalue weighted by atomic mass is 19.4. The van der Waals surface area contributed by atoms with Crippen LogP contribution in [0, 0.1) is 11.8 Å². The SMILES string of the molecule is CN1CCC(n2cc(-n3cnc4cc(C#Cc5ccccc5C(=O)Nc5cc(C(F)(F)F)ccn5)ccc43)cn2)CC1. The molecule has 1 saturated heterocycles. The number of imidazole rings is 1. The maximum absolute atomic E-state index is 13.1. The number of nitrogens with one attached hydrogen (secondary N) is 1. The average Bonchev–Trinajstić information content (AvgIpc) is 3.63. The third kappa shape index (κ3) is 5.75. The summed E-state index contributed by atoms with van der Waals surface area (Å²) in [4.78, 5) is 23.6. The molecule has 2 aromatic carbocycles. The van der Waals surface area contributed by atoms with E-state index in [2.05, 4.69) is 50.4 Å². The number of carbonyl (C=O) groups excluding carboxylic acids is 1. The molecular formula is C31H26F3N7O. The van der Waals surface area contributed by atoms with Gasteiger partial charge >= 0.3 is 6.18 Å². The molecule has 6 rings (SSSR count). The van der Waals surface area contributed by atoms with Crippen molar-refractivity contribution >= 4 is 22.8 Å². The summed E-state index contributed by atoms with van der Waals surface area (Å²) < 4.78 is 43.2. The molecule has 1 aliphatic heterocycles. The minimum atomic E-state index is -4.54. The molecule has 0 aliphatic carbocycles. The molecule has 0 bridgehead atoms. The van der Waals surface area contributed by atoms with Crippen LogP contribution in [-0.2, 0) is 6.18 Å². The number of likely N-dealkylation sites (tertiary alicyclic amines) is 1. The van der Waals surface area contributed by atoms with Gasteiger partial charge < -0.3 is 10.2 Å². The van der Waals surface area contributed by atoms with Gasteiger partial charge in [0.25, 0.3) is 5.91 Å². The molecule has 1 fully saturated rings. The van der Waals surface area contributed by atoms with Gasteiger partial charge in [-0.05, 0) is 75.4 Å². The Hall–Kier alpha value is -4.95. The number of nitrogens with zero attached hydrogens (tertiary/aromatic N) is 6. The highest BCUT2D eigenvalue weighted by Crippen LogP contribution is 2.30. The summed E-state index contributed by atoms with van der Waals surface area (Å²) in [5.74, 6) is 5.28. The van der Waals surface area contributed by atoms with Crippen LogP contribution < -0.4 is 5.32 Å². The Morgan fingerprint density at radius 1 is 1.02 bits per heavy atom. The van der Waals surface area contributed by atoms with Crippen LogP contribution in [0.3, 0.4) is 0 Å². The summed E-state index contributed by atoms with van der Waals surface area (Å²) >= 11 is 0. The van der Waals surface area contributed by atoms with Gasteiger partial charge in [0, 0.05) is 23.5 Å². The molecule has 0 atom stereocenters. The molecule has 1 aliphatic rings. The number of aromatic nitrogens is 5. The summed E-state index contributed by atoms with van der Waals surface area (Å²) in [5.41, 5.74) is 3.05. The lowest BCUT2D eigenvalue weighted by Crippen LogP contribution is -2.31. The predicted molar refractivity (Wildman–Crippen MR) is 152 cm³/mol. The zero-order valence-electron chi connectivity index (χ0n) is 22.6. The lowest BCUT2D eigenvalue weighted by molar-refractivity contribution is -0.137. The van der Waals surface area contributed by atoms with Gasteiger partial charge in [0.2, 0.25) is 0 Å². The molecule has 4 heterocycles. The summed E-state index contributed by atoms with van der Waals surface area (Å²) in [5, 5.41) is 7.05. The molecule has 42 heavy (non-hydrogen) atoms. The second-order valence-corrected chi connectivity index (χ2v) is 10.2. The number of hydrogen-bond acceptors (Lipinski definition) is 5. The van der Waals surface area contributed by atoms with E-state index in [1.165, 1.54) is 0 Å². The number of pyridine rings is 1. The molecular weight excluding hydrogens is 543 g/mol. The van der Waals surface area contributed by atoms with E-state index in [0.717, 1.165) is 61.0 Å². The third-order valence-corrected chi connectivity index (χ3v) is 7.32. The standard InChI is InChI=1S/C31H26F3N7O/c1-39-14-11-24(12-15-39)41-19-25(18-37-41)40-20-36-27-16-21(7-9-28(27)40)6-8-22-4-2-3-5-26(22)30(42)38-29-17-23(10-13-35-29)31(32,33)34/h2-5,7,9-10,13,16-20,24H,11-12,14-15H2,1H3,(H,35,38,42). The first kappa shape index (κ1) is 27.2. The van der Waals surface area contributed by atoms with Gasteiger partial charge in [-0.1, -0.05) is 24.0 Å². The number of fused-ring (bicyclic) bond motifs is 1. The zero-order chi connectivity index (χ0) is 29.3. The molecule has 0 radical (unpaired) electrons. The molecule has 8 nitrogen and oxygen atoms in total. The zero-order valence-corrected chi connectivity index (χ0v) is 22.6.